The number of nitrogens with zero attached hydrogens (tertiary/aromatic N) is 1. The minimum Gasteiger partial charge on any atom is -0.376 e. The summed E-state index contributed by atoms with van der Waals surface area (Å²) in [5.74, 6) is 0.606. The van der Waals surface area contributed by atoms with E-state index in [1.165, 1.54) is 0 Å². The fourth-order valence-corrected chi connectivity index (χ4v) is 2.17. The van der Waals surface area contributed by atoms with E-state index < -0.39 is 0 Å². The molecule has 1 amide bonds. The third-order valence-electron chi connectivity index (χ3n) is 3.03. The molecule has 2 fully saturated rings. The Kier molecular flexibility index (Phi) is 2.87. The zero-order chi connectivity index (χ0) is 9.97. The number of hydrogen-bond donors (Lipinski definition) is 0. The highest BCUT2D eigenvalue weighted by atomic mass is 16.5. The van der Waals surface area contributed by atoms with Crippen LogP contribution >= 0.6 is 0 Å². The van der Waals surface area contributed by atoms with E-state index in [0.717, 1.165) is 32.5 Å². The molecule has 2 heterocycles. The average molecular weight is 195 g/mol. The minimum atomic E-state index is 0.255. The van der Waals surface area contributed by atoms with Crippen molar-refractivity contribution in [2.24, 2.45) is 5.92 Å². The summed E-state index contributed by atoms with van der Waals surface area (Å²) in [5, 5.41) is 0. The number of carbonyl (C=O) groups excluding carboxylic acids is 1. The van der Waals surface area contributed by atoms with E-state index >= 15 is 0 Å². The highest BCUT2D eigenvalue weighted by molar-refractivity contribution is 5.79. The van der Waals surface area contributed by atoms with Gasteiger partial charge in [-0.1, -0.05) is 6.08 Å². The Hall–Kier alpha value is -0.830. The van der Waals surface area contributed by atoms with Crippen LogP contribution in [-0.2, 0) is 9.53 Å². The van der Waals surface area contributed by atoms with Gasteiger partial charge in [-0.3, -0.25) is 4.79 Å². The van der Waals surface area contributed by atoms with Gasteiger partial charge in [0.05, 0.1) is 6.10 Å². The third kappa shape index (κ3) is 1.98. The number of rotatable bonds is 3. The maximum absolute atomic E-state index is 11.6. The van der Waals surface area contributed by atoms with E-state index in [-0.39, 0.29) is 12.0 Å². The van der Waals surface area contributed by atoms with Crippen LogP contribution in [0.25, 0.3) is 0 Å². The summed E-state index contributed by atoms with van der Waals surface area (Å²) in [6, 6.07) is 0. The molecule has 2 saturated heterocycles. The lowest BCUT2D eigenvalue weighted by Gasteiger charge is -2.19. The molecular weight excluding hydrogens is 178 g/mol. The molecule has 0 bridgehead atoms. The molecule has 0 spiro atoms. The number of hydrogen-bond acceptors (Lipinski definition) is 2. The van der Waals surface area contributed by atoms with Gasteiger partial charge in [0, 0.05) is 32.0 Å². The largest absolute Gasteiger partial charge is 0.376 e. The lowest BCUT2D eigenvalue weighted by molar-refractivity contribution is -0.129. The Bertz CT molecular complexity index is 233. The van der Waals surface area contributed by atoms with Crippen LogP contribution < -0.4 is 0 Å². The highest BCUT2D eigenvalue weighted by Gasteiger charge is 2.30. The molecule has 0 aromatic heterocycles. The highest BCUT2D eigenvalue weighted by Crippen LogP contribution is 2.21. The van der Waals surface area contributed by atoms with Crippen molar-refractivity contribution in [1.82, 2.24) is 4.90 Å². The van der Waals surface area contributed by atoms with Gasteiger partial charge in [-0.25, -0.2) is 0 Å². The molecule has 2 rings (SSSR count). The Morgan fingerprint density at radius 3 is 3.07 bits per heavy atom. The first kappa shape index (κ1) is 9.71. The molecule has 3 nitrogen and oxygen atoms in total. The smallest absolute Gasteiger partial charge is 0.223 e. The second-order valence-electron chi connectivity index (χ2n) is 4.13. The van der Waals surface area contributed by atoms with Crippen molar-refractivity contribution < 1.29 is 9.53 Å². The minimum absolute atomic E-state index is 0.255. The lowest BCUT2D eigenvalue weighted by atomic mass is 10.1. The van der Waals surface area contributed by atoms with Crippen LogP contribution in [0.3, 0.4) is 0 Å². The first-order valence-electron chi connectivity index (χ1n) is 5.31. The molecule has 0 radical (unpaired) electrons. The SMILES string of the molecule is C=CC1CC(=O)N(CC2CCCO2)C1. The van der Waals surface area contributed by atoms with Gasteiger partial charge in [0.25, 0.3) is 0 Å². The molecule has 0 saturated carbocycles. The summed E-state index contributed by atoms with van der Waals surface area (Å²) < 4.78 is 5.51. The van der Waals surface area contributed by atoms with Gasteiger partial charge in [-0.15, -0.1) is 6.58 Å². The first-order valence-corrected chi connectivity index (χ1v) is 5.31. The van der Waals surface area contributed by atoms with Crippen LogP contribution in [0.1, 0.15) is 19.3 Å². The summed E-state index contributed by atoms with van der Waals surface area (Å²) in [4.78, 5) is 13.5. The van der Waals surface area contributed by atoms with E-state index in [9.17, 15) is 4.79 Å². The van der Waals surface area contributed by atoms with E-state index in [1.807, 2.05) is 11.0 Å². The molecule has 0 aliphatic carbocycles. The predicted octanol–water partition coefficient (Wildman–Crippen LogP) is 1.20. The summed E-state index contributed by atoms with van der Waals surface area (Å²) in [5.41, 5.74) is 0. The fourth-order valence-electron chi connectivity index (χ4n) is 2.17. The van der Waals surface area contributed by atoms with E-state index in [1.54, 1.807) is 0 Å². The molecule has 0 aromatic rings. The van der Waals surface area contributed by atoms with Gasteiger partial charge in [0.2, 0.25) is 5.91 Å². The van der Waals surface area contributed by atoms with Gasteiger partial charge in [0.15, 0.2) is 0 Å². The maximum atomic E-state index is 11.6. The Labute approximate surface area is 84.7 Å². The Morgan fingerprint density at radius 1 is 1.64 bits per heavy atom. The molecule has 2 aliphatic heterocycles. The molecule has 2 aliphatic rings. The van der Waals surface area contributed by atoms with Crippen LogP contribution in [0.2, 0.25) is 0 Å². The molecular formula is C11H17NO2. The monoisotopic (exact) mass is 195 g/mol. The fraction of sp³-hybridized carbons (Fsp3) is 0.727. The van der Waals surface area contributed by atoms with Gasteiger partial charge >= 0.3 is 0 Å². The standard InChI is InChI=1S/C11H17NO2/c1-2-9-6-11(13)12(7-9)8-10-4-3-5-14-10/h2,9-10H,1,3-8H2. The number of carbonyl (C=O) groups is 1. The molecule has 78 valence electrons. The second kappa shape index (κ2) is 4.13. The topological polar surface area (TPSA) is 29.5 Å². The van der Waals surface area contributed by atoms with Crippen molar-refractivity contribution in [3.05, 3.63) is 12.7 Å². The van der Waals surface area contributed by atoms with Crippen LogP contribution in [0.15, 0.2) is 12.7 Å². The number of amides is 1. The molecule has 2 unspecified atom stereocenters. The van der Waals surface area contributed by atoms with Crippen LogP contribution in [0, 0.1) is 5.92 Å². The van der Waals surface area contributed by atoms with E-state index in [4.69, 9.17) is 4.74 Å². The molecule has 0 aromatic carbocycles. The lowest BCUT2D eigenvalue weighted by Crippen LogP contribution is -2.33. The van der Waals surface area contributed by atoms with Crippen molar-refractivity contribution in [3.63, 3.8) is 0 Å². The molecule has 3 heteroatoms. The number of ether oxygens (including phenoxy) is 1. The van der Waals surface area contributed by atoms with Gasteiger partial charge in [-0.2, -0.15) is 0 Å². The van der Waals surface area contributed by atoms with Gasteiger partial charge < -0.3 is 9.64 Å². The Balaban J connectivity index is 1.85. The predicted molar refractivity (Wildman–Crippen MR) is 53.9 cm³/mol. The zero-order valence-electron chi connectivity index (χ0n) is 8.45. The number of likely N-dealkylation sites (tertiary alicyclic amines) is 1. The van der Waals surface area contributed by atoms with Crippen LogP contribution in [0.5, 0.6) is 0 Å². The molecule has 0 N–H and O–H groups in total. The maximum Gasteiger partial charge on any atom is 0.223 e. The van der Waals surface area contributed by atoms with Crippen molar-refractivity contribution in [2.45, 2.75) is 25.4 Å². The van der Waals surface area contributed by atoms with Crippen LogP contribution in [0.4, 0.5) is 0 Å². The summed E-state index contributed by atoms with van der Waals surface area (Å²) in [6.07, 6.45) is 5.03. The van der Waals surface area contributed by atoms with Gasteiger partial charge in [0.1, 0.15) is 0 Å². The zero-order valence-corrected chi connectivity index (χ0v) is 8.45. The molecule has 2 atom stereocenters. The first-order chi connectivity index (χ1) is 6.79. The van der Waals surface area contributed by atoms with Crippen molar-refractivity contribution in [3.8, 4) is 0 Å². The Morgan fingerprint density at radius 2 is 2.50 bits per heavy atom. The second-order valence-corrected chi connectivity index (χ2v) is 4.13. The average Bonchev–Trinajstić information content (AvgIpc) is 2.78. The third-order valence-corrected chi connectivity index (χ3v) is 3.03. The van der Waals surface area contributed by atoms with Crippen molar-refractivity contribution in [1.29, 1.82) is 0 Å². The van der Waals surface area contributed by atoms with E-state index in [0.29, 0.717) is 12.3 Å². The van der Waals surface area contributed by atoms with Gasteiger partial charge in [-0.05, 0) is 12.8 Å². The summed E-state index contributed by atoms with van der Waals surface area (Å²) in [7, 11) is 0. The quantitative estimate of drug-likeness (QED) is 0.633. The summed E-state index contributed by atoms with van der Waals surface area (Å²) in [6.45, 7) is 6.21. The van der Waals surface area contributed by atoms with Crippen molar-refractivity contribution in [2.75, 3.05) is 19.7 Å². The summed E-state index contributed by atoms with van der Waals surface area (Å²) >= 11 is 0. The normalized spacial score (nSPS) is 32.6. The van der Waals surface area contributed by atoms with E-state index in [2.05, 4.69) is 6.58 Å². The van der Waals surface area contributed by atoms with Crippen LogP contribution in [-0.4, -0.2) is 36.6 Å². The van der Waals surface area contributed by atoms with Crippen molar-refractivity contribution >= 4 is 5.91 Å². The molecule has 14 heavy (non-hydrogen) atoms.